The number of aryl methyl sites for hydroxylation is 1. The third kappa shape index (κ3) is 3.42. The molecule has 0 amide bonds. The number of fused-ring (bicyclic) bond motifs is 2. The van der Waals surface area contributed by atoms with Crippen molar-refractivity contribution >= 4 is 34.0 Å². The van der Waals surface area contributed by atoms with E-state index < -0.39 is 0 Å². The maximum absolute atomic E-state index is 12.4. The molecule has 0 spiro atoms. The Hall–Kier alpha value is -0.840. The molecule has 1 aliphatic heterocycles. The lowest BCUT2D eigenvalue weighted by molar-refractivity contribution is 0.298. The molecule has 1 saturated carbocycles. The van der Waals surface area contributed by atoms with Crippen LogP contribution in [0.4, 0.5) is 0 Å². The molecule has 132 valence electrons. The van der Waals surface area contributed by atoms with Gasteiger partial charge < -0.3 is 4.90 Å². The highest BCUT2D eigenvalue weighted by molar-refractivity contribution is 7.16. The van der Waals surface area contributed by atoms with Gasteiger partial charge in [0.25, 0.3) is 0 Å². The van der Waals surface area contributed by atoms with E-state index in [1.54, 1.807) is 0 Å². The first-order valence-electron chi connectivity index (χ1n) is 9.09. The lowest BCUT2D eigenvalue weighted by Crippen LogP contribution is -2.28. The summed E-state index contributed by atoms with van der Waals surface area (Å²) in [4.78, 5) is 15.2. The first-order chi connectivity index (χ1) is 11.2. The van der Waals surface area contributed by atoms with Crippen molar-refractivity contribution in [3.8, 4) is 0 Å². The van der Waals surface area contributed by atoms with E-state index in [1.807, 2.05) is 4.57 Å². The molecule has 0 radical (unpaired) electrons. The molecular weight excluding hydrogens is 340 g/mol. The van der Waals surface area contributed by atoms with Crippen LogP contribution in [0.25, 0.3) is 10.2 Å². The lowest BCUT2D eigenvalue weighted by Gasteiger charge is -2.17. The van der Waals surface area contributed by atoms with Gasteiger partial charge in [-0.3, -0.25) is 9.36 Å². The van der Waals surface area contributed by atoms with E-state index in [0.29, 0.717) is 0 Å². The standard InChI is InChI=1S/C19H26N2OS.ClH/c1-2-4-14-7-8-17-18(11-14)23-19(22)21(17)10-9-20-12-15-5-3-6-16(15)13-20;/h7-8,11,15-16H,2-6,9-10,12-13H2,1H3;1H. The lowest BCUT2D eigenvalue weighted by atomic mass is 10.0. The summed E-state index contributed by atoms with van der Waals surface area (Å²) in [6.45, 7) is 6.56. The summed E-state index contributed by atoms with van der Waals surface area (Å²) in [6.07, 6.45) is 6.51. The predicted octanol–water partition coefficient (Wildman–Crippen LogP) is 4.17. The molecule has 1 aromatic heterocycles. The van der Waals surface area contributed by atoms with Crippen LogP contribution in [0, 0.1) is 11.8 Å². The number of aromatic nitrogens is 1. The van der Waals surface area contributed by atoms with Crippen molar-refractivity contribution in [3.05, 3.63) is 33.4 Å². The summed E-state index contributed by atoms with van der Waals surface area (Å²) in [6, 6.07) is 6.55. The second-order valence-electron chi connectivity index (χ2n) is 7.28. The van der Waals surface area contributed by atoms with Crippen LogP contribution in [-0.4, -0.2) is 29.1 Å². The minimum Gasteiger partial charge on any atom is -0.301 e. The van der Waals surface area contributed by atoms with Gasteiger partial charge in [0.05, 0.1) is 10.2 Å². The van der Waals surface area contributed by atoms with Crippen LogP contribution in [0.3, 0.4) is 0 Å². The molecule has 1 aliphatic carbocycles. The summed E-state index contributed by atoms with van der Waals surface area (Å²) in [7, 11) is 0. The molecule has 2 aromatic rings. The van der Waals surface area contributed by atoms with Gasteiger partial charge in [0.1, 0.15) is 0 Å². The van der Waals surface area contributed by atoms with Gasteiger partial charge in [-0.1, -0.05) is 37.2 Å². The Labute approximate surface area is 154 Å². The molecule has 3 nitrogen and oxygen atoms in total. The summed E-state index contributed by atoms with van der Waals surface area (Å²) in [5.41, 5.74) is 2.47. The smallest absolute Gasteiger partial charge is 0.301 e. The molecule has 1 saturated heterocycles. The van der Waals surface area contributed by atoms with Crippen molar-refractivity contribution in [3.63, 3.8) is 0 Å². The van der Waals surface area contributed by atoms with Gasteiger partial charge in [-0.25, -0.2) is 0 Å². The van der Waals surface area contributed by atoms with Crippen LogP contribution in [0.2, 0.25) is 0 Å². The summed E-state index contributed by atoms with van der Waals surface area (Å²) < 4.78 is 3.14. The zero-order valence-corrected chi connectivity index (χ0v) is 16.0. The van der Waals surface area contributed by atoms with E-state index >= 15 is 0 Å². The molecule has 2 unspecified atom stereocenters. The molecule has 2 fully saturated rings. The molecule has 0 N–H and O–H groups in total. The minimum atomic E-state index is 0. The van der Waals surface area contributed by atoms with Gasteiger partial charge in [-0.15, -0.1) is 12.4 Å². The Kier molecular flexibility index (Phi) is 5.68. The van der Waals surface area contributed by atoms with Gasteiger partial charge in [-0.2, -0.15) is 0 Å². The Bertz CT molecular complexity index is 741. The number of benzene rings is 1. The van der Waals surface area contributed by atoms with Gasteiger partial charge in [-0.05, 0) is 48.8 Å². The second-order valence-corrected chi connectivity index (χ2v) is 8.28. The second kappa shape index (κ2) is 7.59. The zero-order valence-electron chi connectivity index (χ0n) is 14.4. The topological polar surface area (TPSA) is 25.2 Å². The van der Waals surface area contributed by atoms with Crippen molar-refractivity contribution in [2.24, 2.45) is 11.8 Å². The maximum Gasteiger partial charge on any atom is 0.308 e. The van der Waals surface area contributed by atoms with Crippen molar-refractivity contribution < 1.29 is 0 Å². The first kappa shape index (κ1) is 18.0. The fourth-order valence-corrected chi connectivity index (χ4v) is 5.50. The van der Waals surface area contributed by atoms with Gasteiger partial charge in [0.15, 0.2) is 0 Å². The van der Waals surface area contributed by atoms with E-state index in [2.05, 4.69) is 30.0 Å². The predicted molar refractivity (Wildman–Crippen MR) is 105 cm³/mol. The molecule has 4 rings (SSSR count). The third-order valence-electron chi connectivity index (χ3n) is 5.71. The molecule has 2 atom stereocenters. The van der Waals surface area contributed by atoms with Gasteiger partial charge >= 0.3 is 4.87 Å². The SMILES string of the molecule is CCCc1ccc2c(c1)sc(=O)n2CCN1CC2CCCC2C1.Cl. The van der Waals surface area contributed by atoms with E-state index in [-0.39, 0.29) is 17.3 Å². The molecule has 5 heteroatoms. The summed E-state index contributed by atoms with van der Waals surface area (Å²) >= 11 is 1.41. The molecule has 0 bridgehead atoms. The fraction of sp³-hybridized carbons (Fsp3) is 0.632. The van der Waals surface area contributed by atoms with Gasteiger partial charge in [0.2, 0.25) is 0 Å². The van der Waals surface area contributed by atoms with Crippen molar-refractivity contribution in [2.75, 3.05) is 19.6 Å². The first-order valence-corrected chi connectivity index (χ1v) is 9.91. The zero-order chi connectivity index (χ0) is 15.8. The third-order valence-corrected chi connectivity index (χ3v) is 6.66. The number of nitrogens with zero attached hydrogens (tertiary/aromatic N) is 2. The Morgan fingerprint density at radius 3 is 2.62 bits per heavy atom. The monoisotopic (exact) mass is 366 g/mol. The molecular formula is C19H27ClN2OS. The number of halogens is 1. The molecule has 24 heavy (non-hydrogen) atoms. The summed E-state index contributed by atoms with van der Waals surface area (Å²) in [5.74, 6) is 1.87. The number of hydrogen-bond acceptors (Lipinski definition) is 3. The molecule has 1 aromatic carbocycles. The van der Waals surface area contributed by atoms with Crippen molar-refractivity contribution in [2.45, 2.75) is 45.6 Å². The maximum atomic E-state index is 12.4. The highest BCUT2D eigenvalue weighted by Crippen LogP contribution is 2.37. The van der Waals surface area contributed by atoms with Crippen LogP contribution in [0.15, 0.2) is 23.0 Å². The number of rotatable bonds is 5. The average molecular weight is 367 g/mol. The largest absolute Gasteiger partial charge is 0.308 e. The number of likely N-dealkylation sites (tertiary alicyclic amines) is 1. The van der Waals surface area contributed by atoms with Gasteiger partial charge in [0, 0.05) is 26.2 Å². The van der Waals surface area contributed by atoms with Crippen molar-refractivity contribution in [1.82, 2.24) is 9.47 Å². The average Bonchev–Trinajstić information content (AvgIpc) is 3.17. The highest BCUT2D eigenvalue weighted by atomic mass is 35.5. The number of thiazole rings is 1. The van der Waals surface area contributed by atoms with Crippen molar-refractivity contribution in [1.29, 1.82) is 0 Å². The normalized spacial score (nSPS) is 23.5. The molecule has 2 aliphatic rings. The fourth-order valence-electron chi connectivity index (χ4n) is 4.52. The van der Waals surface area contributed by atoms with E-state index in [1.165, 1.54) is 49.3 Å². The van der Waals surface area contributed by atoms with Crippen LogP contribution in [0.5, 0.6) is 0 Å². The van der Waals surface area contributed by atoms with Crippen LogP contribution in [-0.2, 0) is 13.0 Å². The van der Waals surface area contributed by atoms with E-state index in [4.69, 9.17) is 0 Å². The Balaban J connectivity index is 0.00000169. The van der Waals surface area contributed by atoms with Crippen LogP contribution < -0.4 is 4.87 Å². The van der Waals surface area contributed by atoms with E-state index in [9.17, 15) is 4.79 Å². The Morgan fingerprint density at radius 2 is 1.92 bits per heavy atom. The molecule has 2 heterocycles. The summed E-state index contributed by atoms with van der Waals surface area (Å²) in [5, 5.41) is 0. The van der Waals surface area contributed by atoms with E-state index in [0.717, 1.165) is 48.0 Å². The Morgan fingerprint density at radius 1 is 1.17 bits per heavy atom. The van der Waals surface area contributed by atoms with Crippen LogP contribution >= 0.6 is 23.7 Å². The van der Waals surface area contributed by atoms with Crippen LogP contribution in [0.1, 0.15) is 38.2 Å². The quantitative estimate of drug-likeness (QED) is 0.793. The number of hydrogen-bond donors (Lipinski definition) is 0. The highest BCUT2D eigenvalue weighted by Gasteiger charge is 2.35. The minimum absolute atomic E-state index is 0.